The van der Waals surface area contributed by atoms with Crippen LogP contribution in [0.15, 0.2) is 40.8 Å². The summed E-state index contributed by atoms with van der Waals surface area (Å²) in [6.07, 6.45) is 0. The van der Waals surface area contributed by atoms with Gasteiger partial charge in [-0.2, -0.15) is 0 Å². The minimum absolute atomic E-state index is 0.145. The number of methoxy groups -OCH3 is 1. The molecule has 0 aliphatic carbocycles. The molecule has 0 atom stereocenters. The summed E-state index contributed by atoms with van der Waals surface area (Å²) in [5.41, 5.74) is 1.99. The van der Waals surface area contributed by atoms with Gasteiger partial charge >= 0.3 is 5.91 Å². The van der Waals surface area contributed by atoms with E-state index in [9.17, 15) is 4.79 Å². The van der Waals surface area contributed by atoms with Gasteiger partial charge in [-0.25, -0.2) is 5.84 Å². The van der Waals surface area contributed by atoms with E-state index in [0.717, 1.165) is 0 Å². The second kappa shape index (κ2) is 5.92. The van der Waals surface area contributed by atoms with E-state index in [1.165, 1.54) is 6.07 Å². The first kappa shape index (κ1) is 13.0. The molecule has 0 aliphatic rings. The normalized spacial score (nSPS) is 10.0. The third-order valence-electron chi connectivity index (χ3n) is 2.44. The molecule has 0 bridgehead atoms. The van der Waals surface area contributed by atoms with E-state index in [2.05, 4.69) is 0 Å². The molecule has 19 heavy (non-hydrogen) atoms. The smallest absolute Gasteiger partial charge is 0.300 e. The summed E-state index contributed by atoms with van der Waals surface area (Å²) in [4.78, 5) is 11.2. The number of carbonyl (C=O) groups excluding carboxylic acids is 1. The van der Waals surface area contributed by atoms with Crippen LogP contribution >= 0.6 is 0 Å². The number of hydrogen-bond acceptors (Lipinski definition) is 5. The van der Waals surface area contributed by atoms with Gasteiger partial charge in [0.2, 0.25) is 0 Å². The molecule has 0 spiro atoms. The summed E-state index contributed by atoms with van der Waals surface area (Å²) in [6, 6.07) is 10.4. The van der Waals surface area contributed by atoms with Gasteiger partial charge < -0.3 is 13.9 Å². The first-order chi connectivity index (χ1) is 9.22. The molecule has 1 aromatic carbocycles. The lowest BCUT2D eigenvalue weighted by atomic mass is 10.3. The molecule has 0 aliphatic heterocycles. The number of rotatable bonds is 5. The first-order valence-electron chi connectivity index (χ1n) is 5.59. The van der Waals surface area contributed by atoms with E-state index in [4.69, 9.17) is 19.7 Å². The standard InChI is InChI=1S/C13H14N2O4/c1-17-9-3-2-4-10(7-9)18-8-11-5-6-12(19-11)13(16)15-14/h2-7H,8,14H2,1H3,(H,15,16). The van der Waals surface area contributed by atoms with Crippen molar-refractivity contribution in [3.05, 3.63) is 47.9 Å². The lowest BCUT2D eigenvalue weighted by Crippen LogP contribution is -2.29. The van der Waals surface area contributed by atoms with E-state index < -0.39 is 5.91 Å². The number of hydrogen-bond donors (Lipinski definition) is 2. The molecule has 0 unspecified atom stereocenters. The zero-order chi connectivity index (χ0) is 13.7. The molecule has 0 saturated carbocycles. The summed E-state index contributed by atoms with van der Waals surface area (Å²) in [7, 11) is 1.59. The highest BCUT2D eigenvalue weighted by atomic mass is 16.5. The van der Waals surface area contributed by atoms with Crippen LogP contribution in [0, 0.1) is 0 Å². The van der Waals surface area contributed by atoms with Gasteiger partial charge in [0.1, 0.15) is 23.9 Å². The Morgan fingerprint density at radius 3 is 2.84 bits per heavy atom. The molecule has 0 saturated heterocycles. The van der Waals surface area contributed by atoms with Crippen molar-refractivity contribution in [3.8, 4) is 11.5 Å². The monoisotopic (exact) mass is 262 g/mol. The average Bonchev–Trinajstić information content (AvgIpc) is 2.93. The largest absolute Gasteiger partial charge is 0.497 e. The molecule has 1 heterocycles. The van der Waals surface area contributed by atoms with Crippen LogP contribution in [0.2, 0.25) is 0 Å². The third-order valence-corrected chi connectivity index (χ3v) is 2.44. The van der Waals surface area contributed by atoms with Crippen molar-refractivity contribution in [2.24, 2.45) is 5.84 Å². The Morgan fingerprint density at radius 2 is 2.11 bits per heavy atom. The van der Waals surface area contributed by atoms with Crippen molar-refractivity contribution < 1.29 is 18.7 Å². The summed E-state index contributed by atoms with van der Waals surface area (Å²) in [5, 5.41) is 0. The Morgan fingerprint density at radius 1 is 1.32 bits per heavy atom. The molecule has 3 N–H and O–H groups in total. The molecule has 100 valence electrons. The minimum atomic E-state index is -0.479. The number of nitrogens with one attached hydrogen (secondary N) is 1. The highest BCUT2D eigenvalue weighted by molar-refractivity contribution is 5.90. The summed E-state index contributed by atoms with van der Waals surface area (Å²) in [5.74, 6) is 6.56. The Balaban J connectivity index is 1.98. The van der Waals surface area contributed by atoms with Crippen LogP contribution in [0.4, 0.5) is 0 Å². The van der Waals surface area contributed by atoms with E-state index in [1.807, 2.05) is 17.6 Å². The Bertz CT molecular complexity index is 565. The van der Waals surface area contributed by atoms with Gasteiger partial charge in [-0.3, -0.25) is 10.2 Å². The Kier molecular flexibility index (Phi) is 4.04. The highest BCUT2D eigenvalue weighted by Crippen LogP contribution is 2.20. The SMILES string of the molecule is COc1cccc(OCc2ccc(C(=O)NN)o2)c1. The Hall–Kier alpha value is -2.47. The van der Waals surface area contributed by atoms with Crippen LogP contribution in [0.1, 0.15) is 16.3 Å². The fourth-order valence-electron chi connectivity index (χ4n) is 1.49. The highest BCUT2D eigenvalue weighted by Gasteiger charge is 2.09. The van der Waals surface area contributed by atoms with Gasteiger partial charge in [-0.15, -0.1) is 0 Å². The molecule has 6 nitrogen and oxygen atoms in total. The third kappa shape index (κ3) is 3.26. The van der Waals surface area contributed by atoms with E-state index in [-0.39, 0.29) is 12.4 Å². The average molecular weight is 262 g/mol. The predicted molar refractivity (Wildman–Crippen MR) is 67.7 cm³/mol. The van der Waals surface area contributed by atoms with E-state index >= 15 is 0 Å². The van der Waals surface area contributed by atoms with Gasteiger partial charge in [-0.05, 0) is 24.3 Å². The number of hydrazine groups is 1. The molecule has 1 aromatic heterocycles. The topological polar surface area (TPSA) is 86.7 Å². The molecule has 0 fully saturated rings. The predicted octanol–water partition coefficient (Wildman–Crippen LogP) is 1.47. The van der Waals surface area contributed by atoms with Crippen LogP contribution < -0.4 is 20.7 Å². The van der Waals surface area contributed by atoms with Crippen LogP contribution in [-0.4, -0.2) is 13.0 Å². The molecule has 2 rings (SSSR count). The lowest BCUT2D eigenvalue weighted by Gasteiger charge is -2.05. The maximum absolute atomic E-state index is 11.2. The van der Waals surface area contributed by atoms with Crippen molar-refractivity contribution in [3.63, 3.8) is 0 Å². The maximum atomic E-state index is 11.2. The number of benzene rings is 1. The number of nitrogens with two attached hydrogens (primary N) is 1. The van der Waals surface area contributed by atoms with Crippen molar-refractivity contribution in [1.29, 1.82) is 0 Å². The second-order valence-corrected chi connectivity index (χ2v) is 3.71. The molecule has 1 amide bonds. The summed E-state index contributed by atoms with van der Waals surface area (Å²) < 4.78 is 15.9. The van der Waals surface area contributed by atoms with Crippen LogP contribution in [0.3, 0.4) is 0 Å². The van der Waals surface area contributed by atoms with E-state index in [1.54, 1.807) is 25.3 Å². The van der Waals surface area contributed by atoms with Gasteiger partial charge in [0.05, 0.1) is 7.11 Å². The van der Waals surface area contributed by atoms with Gasteiger partial charge in [-0.1, -0.05) is 6.07 Å². The number of nitrogen functional groups attached to an aromatic ring is 1. The number of carbonyl (C=O) groups is 1. The van der Waals surface area contributed by atoms with Gasteiger partial charge in [0.25, 0.3) is 0 Å². The van der Waals surface area contributed by atoms with Crippen molar-refractivity contribution in [1.82, 2.24) is 5.43 Å². The molecule has 6 heteroatoms. The summed E-state index contributed by atoms with van der Waals surface area (Å²) >= 11 is 0. The number of ether oxygens (including phenoxy) is 2. The zero-order valence-corrected chi connectivity index (χ0v) is 10.4. The number of amides is 1. The van der Waals surface area contributed by atoms with Gasteiger partial charge in [0.15, 0.2) is 5.76 Å². The van der Waals surface area contributed by atoms with E-state index in [0.29, 0.717) is 17.3 Å². The fraction of sp³-hybridized carbons (Fsp3) is 0.154. The quantitative estimate of drug-likeness (QED) is 0.484. The van der Waals surface area contributed by atoms with Gasteiger partial charge in [0, 0.05) is 6.07 Å². The zero-order valence-electron chi connectivity index (χ0n) is 10.4. The maximum Gasteiger partial charge on any atom is 0.300 e. The van der Waals surface area contributed by atoms with Crippen molar-refractivity contribution in [2.75, 3.05) is 7.11 Å². The molecule has 2 aromatic rings. The fourth-order valence-corrected chi connectivity index (χ4v) is 1.49. The van der Waals surface area contributed by atoms with Crippen molar-refractivity contribution >= 4 is 5.91 Å². The van der Waals surface area contributed by atoms with Crippen LogP contribution in [-0.2, 0) is 6.61 Å². The molecular formula is C13H14N2O4. The molecule has 0 radical (unpaired) electrons. The molecular weight excluding hydrogens is 248 g/mol. The minimum Gasteiger partial charge on any atom is -0.497 e. The second-order valence-electron chi connectivity index (χ2n) is 3.71. The number of furan rings is 1. The van der Waals surface area contributed by atoms with Crippen LogP contribution in [0.25, 0.3) is 0 Å². The lowest BCUT2D eigenvalue weighted by molar-refractivity contribution is 0.0922. The van der Waals surface area contributed by atoms with Crippen molar-refractivity contribution in [2.45, 2.75) is 6.61 Å². The first-order valence-corrected chi connectivity index (χ1v) is 5.59. The Labute approximate surface area is 110 Å². The summed E-state index contributed by atoms with van der Waals surface area (Å²) in [6.45, 7) is 0.213. The van der Waals surface area contributed by atoms with Crippen LogP contribution in [0.5, 0.6) is 11.5 Å².